The number of aliphatic hydroxyl groups is 1. The van der Waals surface area contributed by atoms with Crippen LogP contribution in [0.1, 0.15) is 50.5 Å². The molecule has 0 fully saturated rings. The molecule has 0 aromatic heterocycles. The van der Waals surface area contributed by atoms with Crippen molar-refractivity contribution in [2.24, 2.45) is 0 Å². The maximum Gasteiger partial charge on any atom is 0.303 e. The Bertz CT molecular complexity index is 692. The third-order valence-electron chi connectivity index (χ3n) is 4.39. The molecule has 0 spiro atoms. The van der Waals surface area contributed by atoms with E-state index in [4.69, 9.17) is 9.84 Å². The number of carboxylic acids is 1. The van der Waals surface area contributed by atoms with Crippen molar-refractivity contribution in [1.82, 2.24) is 4.31 Å². The summed E-state index contributed by atoms with van der Waals surface area (Å²) in [5, 5.41) is 18.7. The van der Waals surface area contributed by atoms with Crippen LogP contribution in [-0.2, 0) is 14.8 Å². The summed E-state index contributed by atoms with van der Waals surface area (Å²) in [5.74, 6) is -0.0950. The van der Waals surface area contributed by atoms with Gasteiger partial charge in [-0.1, -0.05) is 25.0 Å². The summed E-state index contributed by atoms with van der Waals surface area (Å²) < 4.78 is 30.8. The highest BCUT2D eigenvalue weighted by molar-refractivity contribution is 7.88. The van der Waals surface area contributed by atoms with Crippen molar-refractivity contribution in [3.63, 3.8) is 0 Å². The fourth-order valence-corrected chi connectivity index (χ4v) is 3.77. The lowest BCUT2D eigenvalue weighted by Crippen LogP contribution is -2.32. The number of nitrogens with zero attached hydrogens (tertiary/aromatic N) is 1. The smallest absolute Gasteiger partial charge is 0.303 e. The maximum absolute atomic E-state index is 11.9. The minimum atomic E-state index is -3.30. The summed E-state index contributed by atoms with van der Waals surface area (Å²) in [5.41, 5.74) is 1.08. The van der Waals surface area contributed by atoms with Crippen molar-refractivity contribution in [2.75, 3.05) is 26.0 Å². The molecule has 1 aromatic carbocycles. The molecule has 0 aliphatic heterocycles. The molecule has 0 radical (unpaired) electrons. The van der Waals surface area contributed by atoms with Gasteiger partial charge in [-0.05, 0) is 50.3 Å². The van der Waals surface area contributed by atoms with Crippen LogP contribution in [0, 0.1) is 6.92 Å². The van der Waals surface area contributed by atoms with E-state index < -0.39 is 22.1 Å². The Morgan fingerprint density at radius 3 is 2.46 bits per heavy atom. The predicted molar refractivity (Wildman–Crippen MR) is 109 cm³/mol. The molecule has 160 valence electrons. The highest BCUT2D eigenvalue weighted by Crippen LogP contribution is 2.14. The number of aryl methyl sites for hydroxylation is 1. The Kier molecular flexibility index (Phi) is 11.1. The van der Waals surface area contributed by atoms with Gasteiger partial charge in [0.2, 0.25) is 10.0 Å². The van der Waals surface area contributed by atoms with E-state index in [1.54, 1.807) is 0 Å². The number of aliphatic carboxylic acids is 1. The number of ether oxygens (including phenoxy) is 1. The number of carbonyl (C=O) groups is 1. The van der Waals surface area contributed by atoms with Crippen LogP contribution in [-0.4, -0.2) is 61.0 Å². The number of sulfonamides is 1. The van der Waals surface area contributed by atoms with Gasteiger partial charge in [0.25, 0.3) is 0 Å². The average molecular weight is 416 g/mol. The van der Waals surface area contributed by atoms with Crippen LogP contribution in [0.25, 0.3) is 0 Å². The van der Waals surface area contributed by atoms with Crippen molar-refractivity contribution < 1.29 is 28.2 Å². The zero-order valence-corrected chi connectivity index (χ0v) is 17.7. The first-order valence-electron chi connectivity index (χ1n) is 9.73. The van der Waals surface area contributed by atoms with Crippen molar-refractivity contribution in [1.29, 1.82) is 0 Å². The van der Waals surface area contributed by atoms with E-state index >= 15 is 0 Å². The molecule has 2 N–H and O–H groups in total. The van der Waals surface area contributed by atoms with Gasteiger partial charge in [0.05, 0.1) is 12.4 Å². The van der Waals surface area contributed by atoms with Crippen LogP contribution in [0.4, 0.5) is 0 Å². The van der Waals surface area contributed by atoms with Crippen LogP contribution in [0.15, 0.2) is 24.3 Å². The van der Waals surface area contributed by atoms with Gasteiger partial charge in [-0.2, -0.15) is 0 Å². The largest absolute Gasteiger partial charge is 0.491 e. The molecule has 0 bridgehead atoms. The van der Waals surface area contributed by atoms with E-state index in [2.05, 4.69) is 0 Å². The molecule has 1 aromatic rings. The fraction of sp³-hybridized carbons (Fsp3) is 0.650. The van der Waals surface area contributed by atoms with Crippen LogP contribution in [0.2, 0.25) is 0 Å². The molecule has 1 atom stereocenters. The first-order valence-corrected chi connectivity index (χ1v) is 11.6. The van der Waals surface area contributed by atoms with Gasteiger partial charge in [-0.3, -0.25) is 4.79 Å². The average Bonchev–Trinajstić information content (AvgIpc) is 2.60. The molecular weight excluding hydrogens is 382 g/mol. The Balaban J connectivity index is 2.27. The topological polar surface area (TPSA) is 104 Å². The second-order valence-electron chi connectivity index (χ2n) is 7.14. The number of hydrogen-bond donors (Lipinski definition) is 2. The van der Waals surface area contributed by atoms with Gasteiger partial charge < -0.3 is 14.9 Å². The van der Waals surface area contributed by atoms with E-state index in [0.29, 0.717) is 44.5 Å². The molecule has 7 nitrogen and oxygen atoms in total. The van der Waals surface area contributed by atoms with Crippen molar-refractivity contribution in [3.8, 4) is 5.75 Å². The fourth-order valence-electron chi connectivity index (χ4n) is 2.85. The number of benzene rings is 1. The number of aliphatic hydroxyl groups excluding tert-OH is 1. The summed E-state index contributed by atoms with van der Waals surface area (Å²) >= 11 is 0. The highest BCUT2D eigenvalue weighted by Gasteiger charge is 2.16. The third kappa shape index (κ3) is 11.3. The number of hydrogen-bond acceptors (Lipinski definition) is 5. The maximum atomic E-state index is 11.9. The zero-order valence-electron chi connectivity index (χ0n) is 16.8. The molecule has 0 aliphatic carbocycles. The summed E-state index contributed by atoms with van der Waals surface area (Å²) in [7, 11) is -3.30. The van der Waals surface area contributed by atoms with Crippen LogP contribution >= 0.6 is 0 Å². The van der Waals surface area contributed by atoms with E-state index in [0.717, 1.165) is 18.4 Å². The second kappa shape index (κ2) is 12.7. The lowest BCUT2D eigenvalue weighted by atomic mass is 10.1. The Morgan fingerprint density at radius 2 is 1.82 bits per heavy atom. The van der Waals surface area contributed by atoms with Crippen LogP contribution < -0.4 is 4.74 Å². The van der Waals surface area contributed by atoms with E-state index in [1.807, 2.05) is 31.2 Å². The van der Waals surface area contributed by atoms with Crippen molar-refractivity contribution in [2.45, 2.75) is 58.0 Å². The number of rotatable bonds is 15. The first-order chi connectivity index (χ1) is 13.2. The minimum absolute atomic E-state index is 0.151. The lowest BCUT2D eigenvalue weighted by Gasteiger charge is -2.20. The molecule has 1 unspecified atom stereocenters. The lowest BCUT2D eigenvalue weighted by molar-refractivity contribution is -0.137. The van der Waals surface area contributed by atoms with Crippen molar-refractivity contribution >= 4 is 16.0 Å². The third-order valence-corrected chi connectivity index (χ3v) is 5.70. The monoisotopic (exact) mass is 415 g/mol. The SMILES string of the molecule is Cc1cccc(OCC(O)CCCN(CCCCCCC(=O)O)S(C)(=O)=O)c1. The number of unbranched alkanes of at least 4 members (excludes halogenated alkanes) is 3. The quantitative estimate of drug-likeness (QED) is 0.427. The van der Waals surface area contributed by atoms with E-state index in [1.165, 1.54) is 10.6 Å². The second-order valence-corrected chi connectivity index (χ2v) is 9.13. The molecule has 0 amide bonds. The molecule has 1 rings (SSSR count). The molecule has 28 heavy (non-hydrogen) atoms. The Morgan fingerprint density at radius 1 is 1.14 bits per heavy atom. The van der Waals surface area contributed by atoms with Gasteiger partial charge in [-0.15, -0.1) is 0 Å². The summed E-state index contributed by atoms with van der Waals surface area (Å²) in [6, 6.07) is 7.59. The standard InChI is InChI=1S/C20H33NO6S/c1-17-9-7-11-19(15-17)27-16-18(22)10-8-14-21(28(2,25)26)13-6-4-3-5-12-20(23)24/h7,9,11,15,18,22H,3-6,8,10,12-14,16H2,1-2H3,(H,23,24). The number of carboxylic acid groups (broad SMARTS) is 1. The molecular formula is C20H33NO6S. The normalized spacial score (nSPS) is 12.9. The summed E-state index contributed by atoms with van der Waals surface area (Å²) in [6.07, 6.45) is 4.57. The highest BCUT2D eigenvalue weighted by atomic mass is 32.2. The zero-order chi connectivity index (χ0) is 21.0. The molecule has 0 heterocycles. The van der Waals surface area contributed by atoms with E-state index in [9.17, 15) is 18.3 Å². The predicted octanol–water partition coefficient (Wildman–Crippen LogP) is 2.81. The van der Waals surface area contributed by atoms with E-state index in [-0.39, 0.29) is 13.0 Å². The van der Waals surface area contributed by atoms with Crippen molar-refractivity contribution in [3.05, 3.63) is 29.8 Å². The van der Waals surface area contributed by atoms with Crippen LogP contribution in [0.3, 0.4) is 0 Å². The van der Waals surface area contributed by atoms with Gasteiger partial charge in [0, 0.05) is 19.5 Å². The Hall–Kier alpha value is -1.64. The van der Waals surface area contributed by atoms with Gasteiger partial charge >= 0.3 is 5.97 Å². The van der Waals surface area contributed by atoms with Gasteiger partial charge in [0.1, 0.15) is 12.4 Å². The molecule has 8 heteroatoms. The Labute approximate surface area is 168 Å². The minimum Gasteiger partial charge on any atom is -0.491 e. The molecule has 0 saturated heterocycles. The van der Waals surface area contributed by atoms with Crippen LogP contribution in [0.5, 0.6) is 5.75 Å². The molecule has 0 aliphatic rings. The van der Waals surface area contributed by atoms with Gasteiger partial charge in [0.15, 0.2) is 0 Å². The first kappa shape index (κ1) is 24.4. The summed E-state index contributed by atoms with van der Waals surface area (Å²) in [4.78, 5) is 10.5. The summed E-state index contributed by atoms with van der Waals surface area (Å²) in [6.45, 7) is 2.92. The van der Waals surface area contributed by atoms with Gasteiger partial charge in [-0.25, -0.2) is 12.7 Å². The molecule has 0 saturated carbocycles.